The van der Waals surface area contributed by atoms with Crippen molar-refractivity contribution < 1.29 is 4.74 Å². The van der Waals surface area contributed by atoms with Crippen LogP contribution in [-0.2, 0) is 4.74 Å². The first-order valence-corrected chi connectivity index (χ1v) is 7.68. The van der Waals surface area contributed by atoms with Gasteiger partial charge in [0.05, 0.1) is 6.10 Å². The van der Waals surface area contributed by atoms with Gasteiger partial charge in [0.25, 0.3) is 0 Å². The number of rotatable bonds is 7. The Balaban J connectivity index is 2.26. The van der Waals surface area contributed by atoms with E-state index < -0.39 is 0 Å². The highest BCUT2D eigenvalue weighted by atomic mass is 32.2. The first kappa shape index (κ1) is 14.3. The molecule has 1 saturated heterocycles. The van der Waals surface area contributed by atoms with E-state index in [1.165, 1.54) is 31.4 Å². The van der Waals surface area contributed by atoms with Gasteiger partial charge in [0.2, 0.25) is 0 Å². The number of ether oxygens (including phenoxy) is 1. The number of hydrogen-bond acceptors (Lipinski definition) is 4. The molecule has 2 atom stereocenters. The first-order valence-electron chi connectivity index (χ1n) is 6.28. The molecule has 3 nitrogen and oxygen atoms in total. The highest BCUT2D eigenvalue weighted by Crippen LogP contribution is 2.15. The van der Waals surface area contributed by atoms with Crippen molar-refractivity contribution in [3.63, 3.8) is 0 Å². The van der Waals surface area contributed by atoms with E-state index in [0.29, 0.717) is 12.1 Å². The maximum absolute atomic E-state index is 5.83. The third kappa shape index (κ3) is 5.04. The van der Waals surface area contributed by atoms with E-state index in [4.69, 9.17) is 10.5 Å². The van der Waals surface area contributed by atoms with Crippen LogP contribution < -0.4 is 5.73 Å². The smallest absolute Gasteiger partial charge is 0.0702 e. The van der Waals surface area contributed by atoms with Gasteiger partial charge < -0.3 is 10.5 Å². The van der Waals surface area contributed by atoms with E-state index in [2.05, 4.69) is 18.2 Å². The van der Waals surface area contributed by atoms with Crippen molar-refractivity contribution in [1.29, 1.82) is 0 Å². The summed E-state index contributed by atoms with van der Waals surface area (Å²) < 4.78 is 5.76. The van der Waals surface area contributed by atoms with Gasteiger partial charge >= 0.3 is 0 Å². The first-order chi connectivity index (χ1) is 7.77. The molecule has 0 aromatic heterocycles. The highest BCUT2D eigenvalue weighted by Gasteiger charge is 2.19. The average Bonchev–Trinajstić information content (AvgIpc) is 2.31. The summed E-state index contributed by atoms with van der Waals surface area (Å²) >= 11 is 1.90. The van der Waals surface area contributed by atoms with Gasteiger partial charge in [0.15, 0.2) is 0 Å². The van der Waals surface area contributed by atoms with Crippen LogP contribution in [0, 0.1) is 0 Å². The van der Waals surface area contributed by atoms with Crippen molar-refractivity contribution in [2.24, 2.45) is 5.73 Å². The molecule has 0 saturated carbocycles. The molecule has 0 radical (unpaired) electrons. The third-order valence-electron chi connectivity index (χ3n) is 3.32. The molecule has 1 rings (SSSR count). The van der Waals surface area contributed by atoms with Crippen LogP contribution in [0.25, 0.3) is 0 Å². The standard InChI is InChI=1S/C12H26N2OS/c1-14(11(9-13)6-8-16-2)10-12-5-3-4-7-15-12/h11-12H,3-10,13H2,1-2H3. The molecule has 1 heterocycles. The second-order valence-corrected chi connectivity index (χ2v) is 5.58. The predicted molar refractivity (Wildman–Crippen MR) is 72.1 cm³/mol. The SMILES string of the molecule is CSCCC(CN)N(C)CC1CCCCO1. The molecule has 0 amide bonds. The Hall–Kier alpha value is 0.230. The van der Waals surface area contributed by atoms with Gasteiger partial charge in [-0.2, -0.15) is 11.8 Å². The van der Waals surface area contributed by atoms with Crippen molar-refractivity contribution in [1.82, 2.24) is 4.90 Å². The number of nitrogens with zero attached hydrogens (tertiary/aromatic N) is 1. The lowest BCUT2D eigenvalue weighted by Crippen LogP contribution is -2.43. The van der Waals surface area contributed by atoms with Crippen LogP contribution in [0.1, 0.15) is 25.7 Å². The van der Waals surface area contributed by atoms with Crippen LogP contribution in [0.15, 0.2) is 0 Å². The van der Waals surface area contributed by atoms with Gasteiger partial charge in [-0.15, -0.1) is 0 Å². The molecule has 1 fully saturated rings. The molecule has 0 aromatic carbocycles. The molecule has 0 spiro atoms. The minimum absolute atomic E-state index is 0.432. The predicted octanol–water partition coefficient (Wildman–Crippen LogP) is 1.57. The van der Waals surface area contributed by atoms with Gasteiger partial charge in [-0.25, -0.2) is 0 Å². The summed E-state index contributed by atoms with van der Waals surface area (Å²) in [5, 5.41) is 0. The largest absolute Gasteiger partial charge is 0.377 e. The molecule has 0 bridgehead atoms. The molecular weight excluding hydrogens is 220 g/mol. The summed E-state index contributed by atoms with van der Waals surface area (Å²) in [4.78, 5) is 2.38. The van der Waals surface area contributed by atoms with Gasteiger partial charge in [-0.3, -0.25) is 4.90 Å². The van der Waals surface area contributed by atoms with Crippen LogP contribution in [0.5, 0.6) is 0 Å². The molecule has 0 aromatic rings. The van der Waals surface area contributed by atoms with Crippen LogP contribution in [0.3, 0.4) is 0 Å². The Morgan fingerprint density at radius 2 is 2.31 bits per heavy atom. The zero-order chi connectivity index (χ0) is 11.8. The Bertz CT molecular complexity index is 174. The summed E-state index contributed by atoms with van der Waals surface area (Å²) in [5.41, 5.74) is 5.83. The highest BCUT2D eigenvalue weighted by molar-refractivity contribution is 7.98. The zero-order valence-corrected chi connectivity index (χ0v) is 11.5. The minimum Gasteiger partial charge on any atom is -0.377 e. The second-order valence-electron chi connectivity index (χ2n) is 4.60. The normalized spacial score (nSPS) is 23.6. The van der Waals surface area contributed by atoms with Crippen molar-refractivity contribution in [3.05, 3.63) is 0 Å². The Morgan fingerprint density at radius 1 is 1.50 bits per heavy atom. The van der Waals surface area contributed by atoms with E-state index in [1.54, 1.807) is 0 Å². The lowest BCUT2D eigenvalue weighted by Gasteiger charge is -2.32. The van der Waals surface area contributed by atoms with E-state index in [0.717, 1.165) is 19.7 Å². The van der Waals surface area contributed by atoms with Crippen LogP contribution in [0.2, 0.25) is 0 Å². The molecule has 1 aliphatic heterocycles. The van der Waals surface area contributed by atoms with E-state index in [9.17, 15) is 0 Å². The number of nitrogens with two attached hydrogens (primary N) is 1. The maximum Gasteiger partial charge on any atom is 0.0702 e. The lowest BCUT2D eigenvalue weighted by atomic mass is 10.1. The Morgan fingerprint density at radius 3 is 2.88 bits per heavy atom. The van der Waals surface area contributed by atoms with Gasteiger partial charge in [0, 0.05) is 25.7 Å². The van der Waals surface area contributed by atoms with Crippen LogP contribution in [-0.4, -0.2) is 55.8 Å². The maximum atomic E-state index is 5.83. The fourth-order valence-electron chi connectivity index (χ4n) is 2.19. The molecule has 1 aliphatic rings. The summed E-state index contributed by atoms with van der Waals surface area (Å²) in [6.45, 7) is 2.73. The monoisotopic (exact) mass is 246 g/mol. The van der Waals surface area contributed by atoms with Crippen LogP contribution in [0.4, 0.5) is 0 Å². The average molecular weight is 246 g/mol. The summed E-state index contributed by atoms with van der Waals surface area (Å²) in [7, 11) is 2.18. The quantitative estimate of drug-likeness (QED) is 0.740. The summed E-state index contributed by atoms with van der Waals surface area (Å²) in [6, 6.07) is 0.512. The van der Waals surface area contributed by atoms with Crippen molar-refractivity contribution in [2.75, 3.05) is 38.8 Å². The van der Waals surface area contributed by atoms with Gasteiger partial charge in [-0.1, -0.05) is 0 Å². The Kier molecular flexibility index (Phi) is 7.45. The van der Waals surface area contributed by atoms with Crippen molar-refractivity contribution in [2.45, 2.75) is 37.8 Å². The molecular formula is C12H26N2OS. The van der Waals surface area contributed by atoms with Gasteiger partial charge in [0.1, 0.15) is 0 Å². The van der Waals surface area contributed by atoms with E-state index in [1.807, 2.05) is 11.8 Å². The number of hydrogen-bond donors (Lipinski definition) is 1. The minimum atomic E-state index is 0.432. The zero-order valence-electron chi connectivity index (χ0n) is 10.7. The molecule has 2 unspecified atom stereocenters. The van der Waals surface area contributed by atoms with E-state index in [-0.39, 0.29) is 0 Å². The topological polar surface area (TPSA) is 38.5 Å². The molecule has 4 heteroatoms. The lowest BCUT2D eigenvalue weighted by molar-refractivity contribution is -0.00772. The number of thioether (sulfide) groups is 1. The van der Waals surface area contributed by atoms with Gasteiger partial charge in [-0.05, 0) is 44.7 Å². The molecule has 2 N–H and O–H groups in total. The van der Waals surface area contributed by atoms with Crippen molar-refractivity contribution in [3.8, 4) is 0 Å². The third-order valence-corrected chi connectivity index (χ3v) is 3.96. The fraction of sp³-hybridized carbons (Fsp3) is 1.00. The fourth-order valence-corrected chi connectivity index (χ4v) is 2.70. The summed E-state index contributed by atoms with van der Waals surface area (Å²) in [6.07, 6.45) is 7.52. The van der Waals surface area contributed by atoms with Crippen molar-refractivity contribution >= 4 is 11.8 Å². The molecule has 16 heavy (non-hydrogen) atoms. The second kappa shape index (κ2) is 8.34. The summed E-state index contributed by atoms with van der Waals surface area (Å²) in [5.74, 6) is 1.19. The van der Waals surface area contributed by atoms with Crippen LogP contribution >= 0.6 is 11.8 Å². The Labute approximate surface area is 104 Å². The molecule has 0 aliphatic carbocycles. The van der Waals surface area contributed by atoms with E-state index >= 15 is 0 Å². The number of likely N-dealkylation sites (N-methyl/N-ethyl adjacent to an activating group) is 1. The molecule has 96 valence electrons.